The van der Waals surface area contributed by atoms with Crippen molar-refractivity contribution >= 4 is 11.8 Å². The first-order valence-corrected chi connectivity index (χ1v) is 19.3. The number of carbonyl (C=O) groups excluding carboxylic acids is 2. The van der Waals surface area contributed by atoms with Crippen LogP contribution in [-0.2, 0) is 47.5 Å². The number of carbonyl (C=O) groups is 2. The van der Waals surface area contributed by atoms with Crippen LogP contribution in [-0.4, -0.2) is 152 Å². The number of ketones is 1. The lowest BCUT2D eigenvalue weighted by Gasteiger charge is -2.50. The largest absolute Gasteiger partial charge is 0.459 e. The highest BCUT2D eigenvalue weighted by Gasteiger charge is 2.54. The molecule has 0 amide bonds. The molecule has 0 bridgehead atoms. The maximum atomic E-state index is 14.3. The minimum atomic E-state index is -1.42. The van der Waals surface area contributed by atoms with E-state index in [1.165, 1.54) is 21.3 Å². The fraction of sp³-hybridized carbons (Fsp3) is 0.949. The number of cyclic esters (lactones) is 1. The maximum Gasteiger partial charge on any atom is 0.311 e. The molecule has 3 saturated heterocycles. The monoisotopic (exact) mass is 761 g/mol. The highest BCUT2D eigenvalue weighted by atomic mass is 16.7. The van der Waals surface area contributed by atoms with Crippen molar-refractivity contribution in [1.82, 2.24) is 4.90 Å². The third-order valence-corrected chi connectivity index (χ3v) is 12.7. The van der Waals surface area contributed by atoms with Gasteiger partial charge in [-0.15, -0.1) is 0 Å². The van der Waals surface area contributed by atoms with Gasteiger partial charge in [0.1, 0.15) is 29.7 Å². The van der Waals surface area contributed by atoms with Crippen LogP contribution in [0.15, 0.2) is 0 Å². The number of hydrogen-bond acceptors (Lipinski definition) is 14. The molecule has 0 aliphatic carbocycles. The second-order valence-electron chi connectivity index (χ2n) is 16.8. The van der Waals surface area contributed by atoms with E-state index in [2.05, 4.69) is 0 Å². The Hall–Kier alpha value is -1.30. The predicted octanol–water partition coefficient (Wildman–Crippen LogP) is 3.09. The van der Waals surface area contributed by atoms with Gasteiger partial charge in [-0.1, -0.05) is 27.7 Å². The zero-order chi connectivity index (χ0) is 40.4. The number of nitrogens with zero attached hydrogens (tertiary/aromatic N) is 1. The fourth-order valence-corrected chi connectivity index (χ4v) is 8.82. The number of Topliss-reactive ketones (excluding diaryl/α,β-unsaturated/α-hetero) is 1. The molecule has 3 aliphatic rings. The van der Waals surface area contributed by atoms with E-state index in [0.717, 1.165) is 0 Å². The van der Waals surface area contributed by atoms with Gasteiger partial charge in [-0.2, -0.15) is 0 Å². The minimum Gasteiger partial charge on any atom is -0.459 e. The molecule has 0 radical (unpaired) electrons. The quantitative estimate of drug-likeness (QED) is 0.293. The number of hydrogen-bond donors (Lipinski definition) is 3. The highest BCUT2D eigenvalue weighted by Crippen LogP contribution is 2.42. The molecule has 3 heterocycles. The van der Waals surface area contributed by atoms with Crippen LogP contribution in [0.25, 0.3) is 0 Å². The van der Waals surface area contributed by atoms with E-state index in [0.29, 0.717) is 12.8 Å². The van der Waals surface area contributed by atoms with Crippen LogP contribution >= 0.6 is 0 Å². The van der Waals surface area contributed by atoms with Gasteiger partial charge in [0.15, 0.2) is 12.6 Å². The Balaban J connectivity index is 2.24. The molecule has 3 rings (SSSR count). The molecule has 0 spiro atoms. The third kappa shape index (κ3) is 9.64. The molecule has 14 heteroatoms. The van der Waals surface area contributed by atoms with Crippen molar-refractivity contribution in [3.05, 3.63) is 0 Å². The molecule has 18 atom stereocenters. The lowest BCUT2D eigenvalue weighted by molar-refractivity contribution is -0.319. The van der Waals surface area contributed by atoms with Gasteiger partial charge >= 0.3 is 5.97 Å². The second-order valence-corrected chi connectivity index (χ2v) is 16.8. The molecule has 0 saturated carbocycles. The van der Waals surface area contributed by atoms with Crippen LogP contribution in [0.1, 0.15) is 94.9 Å². The topological polar surface area (TPSA) is 172 Å². The van der Waals surface area contributed by atoms with Crippen molar-refractivity contribution in [2.45, 2.75) is 179 Å². The van der Waals surface area contributed by atoms with Crippen LogP contribution in [0.3, 0.4) is 0 Å². The van der Waals surface area contributed by atoms with Gasteiger partial charge in [0.05, 0.1) is 47.6 Å². The molecule has 3 fully saturated rings. The summed E-state index contributed by atoms with van der Waals surface area (Å²) in [5.41, 5.74) is -3.66. The minimum absolute atomic E-state index is 0.147. The average Bonchev–Trinajstić information content (AvgIpc) is 3.12. The Morgan fingerprint density at radius 1 is 0.811 bits per heavy atom. The van der Waals surface area contributed by atoms with Gasteiger partial charge in [0.25, 0.3) is 0 Å². The lowest BCUT2D eigenvalue weighted by atomic mass is 9.73. The van der Waals surface area contributed by atoms with E-state index in [1.54, 1.807) is 41.5 Å². The number of aliphatic hydroxyl groups excluding tert-OH is 3. The normalized spacial score (nSPS) is 48.3. The fourth-order valence-electron chi connectivity index (χ4n) is 8.82. The third-order valence-electron chi connectivity index (χ3n) is 12.7. The van der Waals surface area contributed by atoms with Crippen molar-refractivity contribution in [2.75, 3.05) is 35.4 Å². The Bertz CT molecular complexity index is 1210. The first-order chi connectivity index (χ1) is 24.5. The molecule has 0 aromatic carbocycles. The first-order valence-electron chi connectivity index (χ1n) is 19.3. The molecule has 53 heavy (non-hydrogen) atoms. The number of aliphatic hydroxyl groups is 3. The van der Waals surface area contributed by atoms with E-state index in [1.807, 2.05) is 46.7 Å². The molecule has 14 nitrogen and oxygen atoms in total. The molecular formula is C39H71NO13. The number of esters is 1. The van der Waals surface area contributed by atoms with Crippen LogP contribution in [0, 0.1) is 23.7 Å². The molecular weight excluding hydrogens is 690 g/mol. The van der Waals surface area contributed by atoms with E-state index >= 15 is 0 Å². The molecule has 3 N–H and O–H groups in total. The van der Waals surface area contributed by atoms with E-state index in [4.69, 9.17) is 37.9 Å². The van der Waals surface area contributed by atoms with Crippen molar-refractivity contribution in [3.63, 3.8) is 0 Å². The number of likely N-dealkylation sites (N-methyl/N-ethyl adjacent to an activating group) is 1. The summed E-state index contributed by atoms with van der Waals surface area (Å²) in [7, 11) is 8.26. The summed E-state index contributed by atoms with van der Waals surface area (Å²) in [5.74, 6) is -4.02. The Kier molecular flexibility index (Phi) is 15.9. The summed E-state index contributed by atoms with van der Waals surface area (Å²) < 4.78 is 50.2. The summed E-state index contributed by atoms with van der Waals surface area (Å²) in [5, 5.41) is 34.3. The number of ether oxygens (including phenoxy) is 8. The van der Waals surface area contributed by atoms with Crippen LogP contribution in [0.2, 0.25) is 0 Å². The molecule has 3 aliphatic heterocycles. The summed E-state index contributed by atoms with van der Waals surface area (Å²) in [6.45, 7) is 17.7. The lowest BCUT2D eigenvalue weighted by Crippen LogP contribution is -2.61. The Labute approximate surface area is 317 Å². The van der Waals surface area contributed by atoms with Crippen molar-refractivity contribution in [2.24, 2.45) is 23.7 Å². The summed E-state index contributed by atoms with van der Waals surface area (Å²) >= 11 is 0. The molecule has 2 unspecified atom stereocenters. The van der Waals surface area contributed by atoms with Crippen molar-refractivity contribution in [3.8, 4) is 0 Å². The standard InChI is InChI=1S/C39H71NO13/c1-16-27-39(10,48-15)32(43)22(4)29(41)20(2)18-38(9,47-14)34(53-36-30(42)26(40(11)12)17-21(3)49-36)23(5)31(24(6)35(45)51-27)52-28-19-37(8,46-13)33(44)25(7)50-28/h20-28,30-34,36,42-44H,16-19H2,1-15H3/t20-,21-,22+,23+,24-,25+,26+,27?,28+,30-,31?,32-,33+,34-,36+,37-,38-,39-/m1/s1. The van der Waals surface area contributed by atoms with Gasteiger partial charge in [-0.05, 0) is 74.9 Å². The Morgan fingerprint density at radius 3 is 1.94 bits per heavy atom. The van der Waals surface area contributed by atoms with Gasteiger partial charge < -0.3 is 58.1 Å². The van der Waals surface area contributed by atoms with Crippen LogP contribution < -0.4 is 0 Å². The van der Waals surface area contributed by atoms with Gasteiger partial charge in [0, 0.05) is 51.5 Å². The van der Waals surface area contributed by atoms with Gasteiger partial charge in [-0.3, -0.25) is 9.59 Å². The summed E-state index contributed by atoms with van der Waals surface area (Å²) in [6.07, 6.45) is -7.89. The van der Waals surface area contributed by atoms with Gasteiger partial charge in [0.2, 0.25) is 0 Å². The van der Waals surface area contributed by atoms with Gasteiger partial charge in [-0.25, -0.2) is 0 Å². The molecule has 310 valence electrons. The van der Waals surface area contributed by atoms with Crippen molar-refractivity contribution in [1.29, 1.82) is 0 Å². The number of methoxy groups -OCH3 is 3. The second kappa shape index (κ2) is 18.3. The molecule has 0 aromatic heterocycles. The predicted molar refractivity (Wildman–Crippen MR) is 196 cm³/mol. The van der Waals surface area contributed by atoms with Crippen molar-refractivity contribution < 1.29 is 62.8 Å². The van der Waals surface area contributed by atoms with E-state index in [9.17, 15) is 24.9 Å². The zero-order valence-corrected chi connectivity index (χ0v) is 34.9. The number of rotatable bonds is 9. The van der Waals surface area contributed by atoms with E-state index < -0.39 is 102 Å². The Morgan fingerprint density at radius 2 is 1.42 bits per heavy atom. The average molecular weight is 762 g/mol. The SMILES string of the molecule is CCC1OC(=O)[C@H](C)C(O[C@H]2C[C@@](C)(OC)[C@@H](O)[C@H](C)O2)[C@H](C)[C@@H](O[C@@H]2O[C@H](C)C[C@H](N(C)C)[C@H]2O)[C@](C)(OC)C[C@@H](C)C(=O)[C@H](C)[C@@H](O)[C@]1(C)OC. The summed E-state index contributed by atoms with van der Waals surface area (Å²) in [4.78, 5) is 30.4. The van der Waals surface area contributed by atoms with Crippen LogP contribution in [0.5, 0.6) is 0 Å². The maximum absolute atomic E-state index is 14.3. The van der Waals surface area contributed by atoms with Crippen LogP contribution in [0.4, 0.5) is 0 Å². The molecule has 0 aromatic rings. The first kappa shape index (κ1) is 46.1. The summed E-state index contributed by atoms with van der Waals surface area (Å²) in [6, 6.07) is -0.272. The zero-order valence-electron chi connectivity index (χ0n) is 34.9. The smallest absolute Gasteiger partial charge is 0.311 e. The van der Waals surface area contributed by atoms with E-state index in [-0.39, 0.29) is 30.8 Å². The highest BCUT2D eigenvalue weighted by molar-refractivity contribution is 5.83.